The molecule has 0 spiro atoms. The van der Waals surface area contributed by atoms with Gasteiger partial charge in [-0.15, -0.1) is 0 Å². The maximum Gasteiger partial charge on any atom is 0.335 e. The lowest BCUT2D eigenvalue weighted by atomic mass is 9.53. The second-order valence-electron chi connectivity index (χ2n) is 9.47. The second-order valence-corrected chi connectivity index (χ2v) is 9.47. The third-order valence-corrected chi connectivity index (χ3v) is 8.01. The molecule has 164 valence electrons. The molecule has 0 amide bonds. The molecule has 2 N–H and O–H groups in total. The maximum absolute atomic E-state index is 11.9. The van der Waals surface area contributed by atoms with E-state index in [1.807, 2.05) is 36.4 Å². The SMILES string of the molecule is O=C(O)c1ccc2c(c1)[C@H]1c3ccccc3[C@@H]2[C@@H]2c3ccccc3[C@H]1c1cc(C(=O)O)ccc12. The Hall–Kier alpha value is -4.18. The first-order chi connectivity index (χ1) is 16.5. The number of hydrogen-bond acceptors (Lipinski definition) is 2. The van der Waals surface area contributed by atoms with Gasteiger partial charge in [-0.05, 0) is 68.8 Å². The van der Waals surface area contributed by atoms with Gasteiger partial charge < -0.3 is 10.2 Å². The van der Waals surface area contributed by atoms with E-state index in [-0.39, 0.29) is 34.8 Å². The van der Waals surface area contributed by atoms with Gasteiger partial charge in [0.15, 0.2) is 0 Å². The zero-order valence-electron chi connectivity index (χ0n) is 18.1. The van der Waals surface area contributed by atoms with Crippen molar-refractivity contribution in [2.24, 2.45) is 0 Å². The Morgan fingerprint density at radius 1 is 0.441 bits per heavy atom. The lowest BCUT2D eigenvalue weighted by molar-refractivity contribution is 0.0685. The van der Waals surface area contributed by atoms with Crippen molar-refractivity contribution >= 4 is 11.9 Å². The lowest BCUT2D eigenvalue weighted by Crippen LogP contribution is -2.36. The summed E-state index contributed by atoms with van der Waals surface area (Å²) >= 11 is 0. The van der Waals surface area contributed by atoms with Crippen molar-refractivity contribution in [1.29, 1.82) is 0 Å². The van der Waals surface area contributed by atoms with E-state index in [0.29, 0.717) is 0 Å². The van der Waals surface area contributed by atoms with Crippen LogP contribution in [0.4, 0.5) is 0 Å². The molecule has 10 rings (SSSR count). The van der Waals surface area contributed by atoms with E-state index in [4.69, 9.17) is 0 Å². The number of rotatable bonds is 2. The first-order valence-electron chi connectivity index (χ1n) is 11.5. The van der Waals surface area contributed by atoms with E-state index >= 15 is 0 Å². The van der Waals surface area contributed by atoms with Crippen molar-refractivity contribution in [1.82, 2.24) is 0 Å². The molecule has 0 radical (unpaired) electrons. The minimum atomic E-state index is -0.937. The van der Waals surface area contributed by atoms with Crippen LogP contribution in [0.1, 0.15) is 88.9 Å². The maximum atomic E-state index is 11.9. The summed E-state index contributed by atoms with van der Waals surface area (Å²) < 4.78 is 0. The molecule has 0 unspecified atom stereocenters. The molecule has 4 bridgehead atoms. The van der Waals surface area contributed by atoms with Crippen molar-refractivity contribution in [2.45, 2.75) is 23.7 Å². The summed E-state index contributed by atoms with van der Waals surface area (Å²) in [7, 11) is 0. The third kappa shape index (κ3) is 2.37. The molecule has 0 aliphatic heterocycles. The fraction of sp³-hybridized carbons (Fsp3) is 0.133. The number of carboxylic acid groups (broad SMARTS) is 2. The van der Waals surface area contributed by atoms with Crippen LogP contribution < -0.4 is 0 Å². The summed E-state index contributed by atoms with van der Waals surface area (Å²) in [6.45, 7) is 0. The van der Waals surface area contributed by atoms with E-state index in [9.17, 15) is 19.8 Å². The predicted octanol–water partition coefficient (Wildman–Crippen LogP) is 5.95. The monoisotopic (exact) mass is 444 g/mol. The fourth-order valence-electron chi connectivity index (χ4n) is 6.78. The average Bonchev–Trinajstić information content (AvgIpc) is 2.84. The van der Waals surface area contributed by atoms with Gasteiger partial charge in [0.25, 0.3) is 0 Å². The van der Waals surface area contributed by atoms with E-state index in [2.05, 4.69) is 36.4 Å². The van der Waals surface area contributed by atoms with Gasteiger partial charge in [0.2, 0.25) is 0 Å². The van der Waals surface area contributed by atoms with Gasteiger partial charge in [0, 0.05) is 23.7 Å². The van der Waals surface area contributed by atoms with Crippen LogP contribution in [0.5, 0.6) is 0 Å². The van der Waals surface area contributed by atoms with Crippen molar-refractivity contribution in [2.75, 3.05) is 0 Å². The summed E-state index contributed by atoms with van der Waals surface area (Å²) in [6.07, 6.45) is 0. The van der Waals surface area contributed by atoms with Crippen molar-refractivity contribution in [3.8, 4) is 0 Å². The van der Waals surface area contributed by atoms with Crippen LogP contribution in [-0.4, -0.2) is 22.2 Å². The van der Waals surface area contributed by atoms with E-state index in [0.717, 1.165) is 11.1 Å². The molecule has 0 saturated heterocycles. The molecule has 34 heavy (non-hydrogen) atoms. The standard InChI is InChI=1S/C30H20O4/c31-29(32)15-9-11-21-23(13-15)27-19-7-3-1-5-17(19)25(21)26-18-6-2-4-8-20(18)28(27)24-14-16(30(33)34)10-12-22(24)26/h1-14,25-28H,(H,31,32)(H,33,34)/t25-,26+,27+,28-. The normalized spacial score (nSPS) is 22.6. The largest absolute Gasteiger partial charge is 0.478 e. The first-order valence-corrected chi connectivity index (χ1v) is 11.5. The zero-order chi connectivity index (χ0) is 23.1. The lowest BCUT2D eigenvalue weighted by Gasteiger charge is -2.50. The van der Waals surface area contributed by atoms with Crippen molar-refractivity contribution in [3.63, 3.8) is 0 Å². The number of hydrogen-bond donors (Lipinski definition) is 2. The fourth-order valence-corrected chi connectivity index (χ4v) is 6.78. The summed E-state index contributed by atoms with van der Waals surface area (Å²) in [5.41, 5.74) is 9.96. The number of benzene rings is 4. The van der Waals surface area contributed by atoms with Crippen LogP contribution in [0.3, 0.4) is 0 Å². The summed E-state index contributed by atoms with van der Waals surface area (Å²) in [5, 5.41) is 19.5. The third-order valence-electron chi connectivity index (χ3n) is 8.01. The highest BCUT2D eigenvalue weighted by atomic mass is 16.4. The van der Waals surface area contributed by atoms with Crippen LogP contribution in [0.15, 0.2) is 84.9 Å². The molecular formula is C30H20O4. The van der Waals surface area contributed by atoms with Crippen molar-refractivity contribution in [3.05, 3.63) is 141 Å². The average molecular weight is 444 g/mol. The molecule has 6 aliphatic rings. The molecule has 0 fully saturated rings. The van der Waals surface area contributed by atoms with Gasteiger partial charge in [0.05, 0.1) is 11.1 Å². The molecule has 0 heterocycles. The Labute approximate surface area is 196 Å². The van der Waals surface area contributed by atoms with Gasteiger partial charge in [0.1, 0.15) is 0 Å². The molecule has 0 saturated carbocycles. The quantitative estimate of drug-likeness (QED) is 0.401. The Morgan fingerprint density at radius 3 is 1.06 bits per heavy atom. The Balaban J connectivity index is 1.63. The number of carbonyl (C=O) groups is 2. The molecule has 4 heteroatoms. The van der Waals surface area contributed by atoms with E-state index in [1.54, 1.807) is 12.1 Å². The highest BCUT2D eigenvalue weighted by Crippen LogP contribution is 2.63. The molecule has 0 aromatic heterocycles. The van der Waals surface area contributed by atoms with Gasteiger partial charge >= 0.3 is 11.9 Å². The molecule has 6 aliphatic carbocycles. The van der Waals surface area contributed by atoms with Gasteiger partial charge in [-0.25, -0.2) is 9.59 Å². The Kier molecular flexibility index (Phi) is 3.79. The summed E-state index contributed by atoms with van der Waals surface area (Å²) in [6, 6.07) is 28.1. The molecule has 4 nitrogen and oxygen atoms in total. The zero-order valence-corrected chi connectivity index (χ0v) is 18.1. The van der Waals surface area contributed by atoms with Crippen LogP contribution in [0.2, 0.25) is 0 Å². The number of aromatic carboxylic acids is 2. The second kappa shape index (κ2) is 6.67. The molecule has 4 aromatic carbocycles. The van der Waals surface area contributed by atoms with Crippen LogP contribution in [0.25, 0.3) is 0 Å². The van der Waals surface area contributed by atoms with Gasteiger partial charge in [-0.2, -0.15) is 0 Å². The molecule has 4 aromatic rings. The Bertz CT molecular complexity index is 1430. The van der Waals surface area contributed by atoms with Crippen molar-refractivity contribution < 1.29 is 19.8 Å². The summed E-state index contributed by atoms with van der Waals surface area (Å²) in [4.78, 5) is 23.8. The van der Waals surface area contributed by atoms with Gasteiger partial charge in [-0.3, -0.25) is 0 Å². The minimum Gasteiger partial charge on any atom is -0.478 e. The van der Waals surface area contributed by atoms with E-state index in [1.165, 1.54) is 33.4 Å². The predicted molar refractivity (Wildman–Crippen MR) is 127 cm³/mol. The van der Waals surface area contributed by atoms with Crippen LogP contribution >= 0.6 is 0 Å². The minimum absolute atomic E-state index is 0.0159. The van der Waals surface area contributed by atoms with Gasteiger partial charge in [-0.1, -0.05) is 60.7 Å². The topological polar surface area (TPSA) is 74.6 Å². The summed E-state index contributed by atoms with van der Waals surface area (Å²) in [5.74, 6) is -2.05. The highest BCUT2D eigenvalue weighted by Gasteiger charge is 2.49. The Morgan fingerprint density at radius 2 is 0.735 bits per heavy atom. The van der Waals surface area contributed by atoms with Crippen LogP contribution in [-0.2, 0) is 0 Å². The number of carboxylic acids is 2. The van der Waals surface area contributed by atoms with Crippen LogP contribution in [0, 0.1) is 0 Å². The molecule has 4 atom stereocenters. The highest BCUT2D eigenvalue weighted by molar-refractivity contribution is 5.89. The van der Waals surface area contributed by atoms with E-state index < -0.39 is 11.9 Å². The molecular weight excluding hydrogens is 424 g/mol. The smallest absolute Gasteiger partial charge is 0.335 e. The first kappa shape index (κ1) is 19.3.